The Labute approximate surface area is 124 Å². The third-order valence-electron chi connectivity index (χ3n) is 3.83. The molecule has 0 radical (unpaired) electrons. The second-order valence-electron chi connectivity index (χ2n) is 5.31. The first-order valence-electron chi connectivity index (χ1n) is 7.01. The van der Waals surface area contributed by atoms with Crippen molar-refractivity contribution < 1.29 is 4.42 Å². The molecule has 0 fully saturated rings. The molecule has 0 bridgehead atoms. The SMILES string of the molecule is Cc1nsc2ncn(Cc3nc4c(o3)CCCC4)c(=O)c12. The first-order valence-corrected chi connectivity index (χ1v) is 7.78. The zero-order chi connectivity index (χ0) is 14.4. The van der Waals surface area contributed by atoms with Crippen LogP contribution in [0.1, 0.15) is 35.9 Å². The van der Waals surface area contributed by atoms with Crippen molar-refractivity contribution >= 4 is 21.7 Å². The fourth-order valence-corrected chi connectivity index (χ4v) is 3.48. The fourth-order valence-electron chi connectivity index (χ4n) is 2.74. The van der Waals surface area contributed by atoms with Crippen LogP contribution < -0.4 is 5.56 Å². The molecule has 21 heavy (non-hydrogen) atoms. The molecule has 4 rings (SSSR count). The van der Waals surface area contributed by atoms with Crippen molar-refractivity contribution in [2.75, 3.05) is 0 Å². The Morgan fingerprint density at radius 3 is 3.10 bits per heavy atom. The zero-order valence-electron chi connectivity index (χ0n) is 11.6. The van der Waals surface area contributed by atoms with Crippen LogP contribution >= 0.6 is 11.5 Å². The van der Waals surface area contributed by atoms with Gasteiger partial charge in [-0.1, -0.05) is 0 Å². The monoisotopic (exact) mass is 302 g/mol. The van der Waals surface area contributed by atoms with Crippen molar-refractivity contribution in [2.45, 2.75) is 39.2 Å². The first-order chi connectivity index (χ1) is 10.2. The first kappa shape index (κ1) is 12.7. The van der Waals surface area contributed by atoms with Crippen LogP contribution in [0.3, 0.4) is 0 Å². The van der Waals surface area contributed by atoms with Gasteiger partial charge in [0, 0.05) is 6.42 Å². The second-order valence-corrected chi connectivity index (χ2v) is 6.06. The molecule has 0 N–H and O–H groups in total. The van der Waals surface area contributed by atoms with Crippen molar-refractivity contribution in [1.29, 1.82) is 0 Å². The van der Waals surface area contributed by atoms with Crippen LogP contribution in [0.5, 0.6) is 0 Å². The van der Waals surface area contributed by atoms with Gasteiger partial charge in [0.15, 0.2) is 4.83 Å². The summed E-state index contributed by atoms with van der Waals surface area (Å²) in [6.45, 7) is 2.15. The van der Waals surface area contributed by atoms with Gasteiger partial charge in [0.25, 0.3) is 5.56 Å². The highest BCUT2D eigenvalue weighted by atomic mass is 32.1. The lowest BCUT2D eigenvalue weighted by molar-refractivity contribution is 0.427. The van der Waals surface area contributed by atoms with E-state index in [2.05, 4.69) is 14.3 Å². The lowest BCUT2D eigenvalue weighted by Gasteiger charge is -2.05. The Morgan fingerprint density at radius 1 is 1.38 bits per heavy atom. The highest BCUT2D eigenvalue weighted by Crippen LogP contribution is 2.22. The van der Waals surface area contributed by atoms with Crippen molar-refractivity contribution in [3.8, 4) is 0 Å². The summed E-state index contributed by atoms with van der Waals surface area (Å²) in [5, 5.41) is 0.596. The number of fused-ring (bicyclic) bond motifs is 2. The third kappa shape index (κ3) is 2.08. The van der Waals surface area contributed by atoms with E-state index in [0.29, 0.717) is 22.7 Å². The summed E-state index contributed by atoms with van der Waals surface area (Å²) >= 11 is 1.25. The average Bonchev–Trinajstić information content (AvgIpc) is 3.05. The molecule has 108 valence electrons. The van der Waals surface area contributed by atoms with Crippen molar-refractivity contribution in [3.05, 3.63) is 39.7 Å². The van der Waals surface area contributed by atoms with Crippen LogP contribution in [-0.4, -0.2) is 18.9 Å². The van der Waals surface area contributed by atoms with Crippen LogP contribution in [0, 0.1) is 6.92 Å². The normalized spacial score (nSPS) is 14.5. The van der Waals surface area contributed by atoms with Gasteiger partial charge < -0.3 is 4.42 Å². The molecule has 0 saturated carbocycles. The van der Waals surface area contributed by atoms with E-state index in [9.17, 15) is 4.79 Å². The van der Waals surface area contributed by atoms with E-state index in [1.54, 1.807) is 10.9 Å². The maximum Gasteiger partial charge on any atom is 0.264 e. The molecule has 3 aromatic rings. The molecule has 7 heteroatoms. The standard InChI is InChI=1S/C14H14N4O2S/c1-8-12-13(21-17-8)15-7-18(14(12)19)6-11-16-9-4-2-3-5-10(9)20-11/h7H,2-6H2,1H3. The number of oxazole rings is 1. The van der Waals surface area contributed by atoms with Crippen molar-refractivity contribution in [2.24, 2.45) is 0 Å². The maximum atomic E-state index is 12.5. The Bertz CT molecular complexity index is 853. The van der Waals surface area contributed by atoms with Gasteiger partial charge in [0.05, 0.1) is 23.1 Å². The molecule has 0 aromatic carbocycles. The van der Waals surface area contributed by atoms with Crippen LogP contribution in [0.4, 0.5) is 0 Å². The topological polar surface area (TPSA) is 73.8 Å². The molecule has 0 unspecified atom stereocenters. The Hall–Kier alpha value is -2.02. The smallest absolute Gasteiger partial charge is 0.264 e. The Morgan fingerprint density at radius 2 is 2.24 bits per heavy atom. The molecular formula is C14H14N4O2S. The molecule has 0 amide bonds. The fraction of sp³-hybridized carbons (Fsp3) is 0.429. The molecule has 1 aliphatic rings. The molecular weight excluding hydrogens is 288 g/mol. The summed E-state index contributed by atoms with van der Waals surface area (Å²) in [6.07, 6.45) is 5.77. The summed E-state index contributed by atoms with van der Waals surface area (Å²) in [5.74, 6) is 1.57. The summed E-state index contributed by atoms with van der Waals surface area (Å²) in [6, 6.07) is 0. The second kappa shape index (κ2) is 4.77. The highest BCUT2D eigenvalue weighted by molar-refractivity contribution is 7.12. The predicted molar refractivity (Wildman–Crippen MR) is 78.7 cm³/mol. The Balaban J connectivity index is 1.74. The quantitative estimate of drug-likeness (QED) is 0.724. The summed E-state index contributed by atoms with van der Waals surface area (Å²) < 4.78 is 11.5. The highest BCUT2D eigenvalue weighted by Gasteiger charge is 2.18. The van der Waals surface area contributed by atoms with Gasteiger partial charge in [-0.3, -0.25) is 9.36 Å². The van der Waals surface area contributed by atoms with Gasteiger partial charge in [-0.25, -0.2) is 9.97 Å². The zero-order valence-corrected chi connectivity index (χ0v) is 12.4. The summed E-state index contributed by atoms with van der Waals surface area (Å²) in [4.78, 5) is 22.0. The minimum absolute atomic E-state index is 0.0811. The van der Waals surface area contributed by atoms with Crippen LogP contribution in [0.25, 0.3) is 10.2 Å². The van der Waals surface area contributed by atoms with Gasteiger partial charge in [0.1, 0.15) is 12.3 Å². The van der Waals surface area contributed by atoms with Crippen LogP contribution in [0.2, 0.25) is 0 Å². The van der Waals surface area contributed by atoms with Gasteiger partial charge in [-0.15, -0.1) is 0 Å². The van der Waals surface area contributed by atoms with Gasteiger partial charge >= 0.3 is 0 Å². The largest absolute Gasteiger partial charge is 0.443 e. The van der Waals surface area contributed by atoms with E-state index in [4.69, 9.17) is 4.42 Å². The van der Waals surface area contributed by atoms with E-state index in [0.717, 1.165) is 42.8 Å². The average molecular weight is 302 g/mol. The van der Waals surface area contributed by atoms with Crippen LogP contribution in [-0.2, 0) is 19.4 Å². The molecule has 1 aliphatic carbocycles. The third-order valence-corrected chi connectivity index (χ3v) is 4.68. The van der Waals surface area contributed by atoms with Crippen LogP contribution in [0.15, 0.2) is 15.5 Å². The van der Waals surface area contributed by atoms with E-state index in [1.807, 2.05) is 6.92 Å². The van der Waals surface area contributed by atoms with Gasteiger partial charge in [0.2, 0.25) is 5.89 Å². The lowest BCUT2D eigenvalue weighted by atomic mass is 10.0. The van der Waals surface area contributed by atoms with E-state index >= 15 is 0 Å². The minimum Gasteiger partial charge on any atom is -0.443 e. The van der Waals surface area contributed by atoms with E-state index in [-0.39, 0.29) is 5.56 Å². The van der Waals surface area contributed by atoms with E-state index in [1.165, 1.54) is 11.5 Å². The molecule has 6 nitrogen and oxygen atoms in total. The maximum absolute atomic E-state index is 12.5. The molecule has 0 aliphatic heterocycles. The van der Waals surface area contributed by atoms with Gasteiger partial charge in [-0.2, -0.15) is 4.37 Å². The molecule has 0 spiro atoms. The molecule has 3 heterocycles. The molecule has 0 atom stereocenters. The summed E-state index contributed by atoms with van der Waals surface area (Å²) in [7, 11) is 0. The van der Waals surface area contributed by atoms with E-state index < -0.39 is 0 Å². The number of aryl methyl sites for hydroxylation is 3. The number of hydrogen-bond acceptors (Lipinski definition) is 6. The summed E-state index contributed by atoms with van der Waals surface area (Å²) in [5.41, 5.74) is 1.70. The minimum atomic E-state index is -0.0811. The van der Waals surface area contributed by atoms with Gasteiger partial charge in [-0.05, 0) is 37.7 Å². The number of rotatable bonds is 2. The molecule has 3 aromatic heterocycles. The number of hydrogen-bond donors (Lipinski definition) is 0. The molecule has 0 saturated heterocycles. The number of aromatic nitrogens is 4. The number of nitrogens with zero attached hydrogens (tertiary/aromatic N) is 4. The lowest BCUT2D eigenvalue weighted by Crippen LogP contribution is -2.21. The van der Waals surface area contributed by atoms with Crippen molar-refractivity contribution in [3.63, 3.8) is 0 Å². The van der Waals surface area contributed by atoms with Crippen molar-refractivity contribution in [1.82, 2.24) is 18.9 Å². The Kier molecular flexibility index (Phi) is 2.88. The predicted octanol–water partition coefficient (Wildman–Crippen LogP) is 2.08.